The van der Waals surface area contributed by atoms with Gasteiger partial charge in [-0.2, -0.15) is 0 Å². The second kappa shape index (κ2) is 5.02. The van der Waals surface area contributed by atoms with Gasteiger partial charge in [0.2, 0.25) is 0 Å². The van der Waals surface area contributed by atoms with Crippen molar-refractivity contribution >= 4 is 23.5 Å². The van der Waals surface area contributed by atoms with Gasteiger partial charge in [-0.25, -0.2) is 0 Å². The number of hydrogen-bond acceptors (Lipinski definition) is 2. The van der Waals surface area contributed by atoms with Crippen LogP contribution in [0.5, 0.6) is 0 Å². The SMILES string of the molecule is O=C(O)CC1(NC(=O)c2cc(Cl)c[nH]2)CCCC1. The number of hydrogen-bond donors (Lipinski definition) is 3. The average Bonchev–Trinajstić information content (AvgIpc) is 2.87. The van der Waals surface area contributed by atoms with E-state index in [0.717, 1.165) is 12.8 Å². The number of carboxylic acids is 1. The van der Waals surface area contributed by atoms with E-state index in [0.29, 0.717) is 23.6 Å². The molecule has 0 spiro atoms. The molecule has 1 heterocycles. The van der Waals surface area contributed by atoms with Gasteiger partial charge in [0.05, 0.1) is 17.0 Å². The molecule has 1 aromatic rings. The highest BCUT2D eigenvalue weighted by atomic mass is 35.5. The van der Waals surface area contributed by atoms with Gasteiger partial charge in [0, 0.05) is 6.20 Å². The number of aromatic nitrogens is 1. The number of amides is 1. The van der Waals surface area contributed by atoms with E-state index in [4.69, 9.17) is 16.7 Å². The van der Waals surface area contributed by atoms with Crippen molar-refractivity contribution in [3.05, 3.63) is 23.0 Å². The first-order valence-corrected chi connectivity index (χ1v) is 6.27. The molecule has 2 rings (SSSR count). The first kappa shape index (κ1) is 13.0. The highest BCUT2D eigenvalue weighted by molar-refractivity contribution is 6.30. The van der Waals surface area contributed by atoms with Crippen molar-refractivity contribution in [3.63, 3.8) is 0 Å². The van der Waals surface area contributed by atoms with Gasteiger partial charge in [0.15, 0.2) is 0 Å². The quantitative estimate of drug-likeness (QED) is 0.784. The number of carbonyl (C=O) groups is 2. The van der Waals surface area contributed by atoms with E-state index >= 15 is 0 Å². The van der Waals surface area contributed by atoms with Gasteiger partial charge in [-0.15, -0.1) is 0 Å². The summed E-state index contributed by atoms with van der Waals surface area (Å²) in [5, 5.41) is 12.2. The molecule has 0 unspecified atom stereocenters. The van der Waals surface area contributed by atoms with Gasteiger partial charge in [0.1, 0.15) is 5.69 Å². The number of aromatic amines is 1. The van der Waals surface area contributed by atoms with Crippen LogP contribution in [0.2, 0.25) is 5.02 Å². The first-order valence-electron chi connectivity index (χ1n) is 5.89. The lowest BCUT2D eigenvalue weighted by atomic mass is 9.93. The van der Waals surface area contributed by atoms with Crippen LogP contribution >= 0.6 is 11.6 Å². The van der Waals surface area contributed by atoms with Crippen molar-refractivity contribution < 1.29 is 14.7 Å². The first-order chi connectivity index (χ1) is 8.51. The normalized spacial score (nSPS) is 17.6. The number of halogens is 1. The van der Waals surface area contributed by atoms with Crippen molar-refractivity contribution in [2.75, 3.05) is 0 Å². The summed E-state index contributed by atoms with van der Waals surface area (Å²) in [6, 6.07) is 1.53. The lowest BCUT2D eigenvalue weighted by molar-refractivity contribution is -0.138. The van der Waals surface area contributed by atoms with E-state index in [-0.39, 0.29) is 12.3 Å². The zero-order valence-corrected chi connectivity index (χ0v) is 10.6. The minimum atomic E-state index is -0.887. The molecule has 1 fully saturated rings. The molecular formula is C12H15ClN2O3. The summed E-state index contributed by atoms with van der Waals surface area (Å²) in [5.74, 6) is -1.19. The van der Waals surface area contributed by atoms with Gasteiger partial charge in [-0.05, 0) is 18.9 Å². The monoisotopic (exact) mass is 270 g/mol. The van der Waals surface area contributed by atoms with E-state index in [1.54, 1.807) is 0 Å². The highest BCUT2D eigenvalue weighted by Gasteiger charge is 2.37. The molecule has 3 N–H and O–H groups in total. The molecule has 1 aromatic heterocycles. The van der Waals surface area contributed by atoms with Crippen LogP contribution in [-0.4, -0.2) is 27.5 Å². The molecule has 1 amide bonds. The third kappa shape index (κ3) is 2.85. The molecule has 98 valence electrons. The second-order valence-corrected chi connectivity index (χ2v) is 5.18. The van der Waals surface area contributed by atoms with Crippen molar-refractivity contribution in [2.24, 2.45) is 0 Å². The van der Waals surface area contributed by atoms with Crippen molar-refractivity contribution in [1.82, 2.24) is 10.3 Å². The number of aliphatic carboxylic acids is 1. The van der Waals surface area contributed by atoms with Gasteiger partial charge in [-0.1, -0.05) is 24.4 Å². The lowest BCUT2D eigenvalue weighted by Crippen LogP contribution is -2.47. The van der Waals surface area contributed by atoms with E-state index in [9.17, 15) is 9.59 Å². The predicted molar refractivity (Wildman–Crippen MR) is 66.7 cm³/mol. The van der Waals surface area contributed by atoms with Crippen LogP contribution in [0.25, 0.3) is 0 Å². The van der Waals surface area contributed by atoms with Crippen molar-refractivity contribution in [1.29, 1.82) is 0 Å². The number of rotatable bonds is 4. The summed E-state index contributed by atoms with van der Waals surface area (Å²) < 4.78 is 0. The molecule has 0 aromatic carbocycles. The summed E-state index contributed by atoms with van der Waals surface area (Å²) in [6.07, 6.45) is 4.79. The number of carbonyl (C=O) groups excluding carboxylic acids is 1. The minimum Gasteiger partial charge on any atom is -0.481 e. The maximum atomic E-state index is 12.0. The van der Waals surface area contributed by atoms with Crippen LogP contribution in [0.15, 0.2) is 12.3 Å². The summed E-state index contributed by atoms with van der Waals surface area (Å²) >= 11 is 5.73. The molecule has 6 heteroatoms. The smallest absolute Gasteiger partial charge is 0.305 e. The second-order valence-electron chi connectivity index (χ2n) is 4.74. The van der Waals surface area contributed by atoms with Crippen LogP contribution in [-0.2, 0) is 4.79 Å². The Balaban J connectivity index is 2.09. The van der Waals surface area contributed by atoms with Crippen LogP contribution in [0.4, 0.5) is 0 Å². The fourth-order valence-corrected chi connectivity index (χ4v) is 2.66. The van der Waals surface area contributed by atoms with E-state index < -0.39 is 11.5 Å². The Bertz CT molecular complexity index is 464. The molecule has 0 atom stereocenters. The van der Waals surface area contributed by atoms with E-state index in [1.165, 1.54) is 12.3 Å². The topological polar surface area (TPSA) is 82.2 Å². The molecule has 0 saturated heterocycles. The Morgan fingerprint density at radius 1 is 1.44 bits per heavy atom. The Morgan fingerprint density at radius 2 is 2.11 bits per heavy atom. The Morgan fingerprint density at radius 3 is 2.61 bits per heavy atom. The Kier molecular flexibility index (Phi) is 3.61. The van der Waals surface area contributed by atoms with Gasteiger partial charge in [0.25, 0.3) is 5.91 Å². The number of H-pyrrole nitrogens is 1. The third-order valence-electron chi connectivity index (χ3n) is 3.32. The van der Waals surface area contributed by atoms with Crippen LogP contribution in [0, 0.1) is 0 Å². The molecule has 0 radical (unpaired) electrons. The molecule has 1 aliphatic rings. The van der Waals surface area contributed by atoms with Crippen LogP contribution in [0.1, 0.15) is 42.6 Å². The van der Waals surface area contributed by atoms with Crippen molar-refractivity contribution in [2.45, 2.75) is 37.6 Å². The summed E-state index contributed by atoms with van der Waals surface area (Å²) in [4.78, 5) is 25.7. The zero-order valence-electron chi connectivity index (χ0n) is 9.83. The van der Waals surface area contributed by atoms with Crippen LogP contribution in [0.3, 0.4) is 0 Å². The van der Waals surface area contributed by atoms with Crippen LogP contribution < -0.4 is 5.32 Å². The average molecular weight is 271 g/mol. The fourth-order valence-electron chi connectivity index (χ4n) is 2.49. The largest absolute Gasteiger partial charge is 0.481 e. The number of nitrogens with one attached hydrogen (secondary N) is 2. The molecule has 0 aliphatic heterocycles. The molecule has 1 saturated carbocycles. The number of carboxylic acid groups (broad SMARTS) is 1. The molecule has 5 nitrogen and oxygen atoms in total. The predicted octanol–water partition coefficient (Wildman–Crippen LogP) is 2.19. The molecule has 0 bridgehead atoms. The molecular weight excluding hydrogens is 256 g/mol. The van der Waals surface area contributed by atoms with E-state index in [2.05, 4.69) is 10.3 Å². The fraction of sp³-hybridized carbons (Fsp3) is 0.500. The maximum Gasteiger partial charge on any atom is 0.305 e. The maximum absolute atomic E-state index is 12.0. The minimum absolute atomic E-state index is 0.0345. The standard InChI is InChI=1S/C12H15ClN2O3/c13-8-5-9(14-7-8)11(18)15-12(6-10(16)17)3-1-2-4-12/h5,7,14H,1-4,6H2,(H,15,18)(H,16,17). The van der Waals surface area contributed by atoms with Gasteiger partial charge in [-0.3, -0.25) is 9.59 Å². The third-order valence-corrected chi connectivity index (χ3v) is 3.54. The summed E-state index contributed by atoms with van der Waals surface area (Å²) in [5.41, 5.74) is -0.253. The molecule has 1 aliphatic carbocycles. The van der Waals surface area contributed by atoms with E-state index in [1.807, 2.05) is 0 Å². The molecule has 18 heavy (non-hydrogen) atoms. The highest BCUT2D eigenvalue weighted by Crippen LogP contribution is 2.33. The summed E-state index contributed by atoms with van der Waals surface area (Å²) in [6.45, 7) is 0. The Hall–Kier alpha value is -1.49. The Labute approximate surface area is 110 Å². The lowest BCUT2D eigenvalue weighted by Gasteiger charge is -2.28. The van der Waals surface area contributed by atoms with Gasteiger partial charge >= 0.3 is 5.97 Å². The van der Waals surface area contributed by atoms with Gasteiger partial charge < -0.3 is 15.4 Å². The zero-order chi connectivity index (χ0) is 13.2. The summed E-state index contributed by atoms with van der Waals surface area (Å²) in [7, 11) is 0. The van der Waals surface area contributed by atoms with Crippen molar-refractivity contribution in [3.8, 4) is 0 Å².